The van der Waals surface area contributed by atoms with Crippen LogP contribution in [0.25, 0.3) is 11.4 Å². The van der Waals surface area contributed by atoms with Crippen molar-refractivity contribution in [3.63, 3.8) is 0 Å². The molecule has 128 valence electrons. The number of aryl methyl sites for hydroxylation is 1. The van der Waals surface area contributed by atoms with Gasteiger partial charge in [0.25, 0.3) is 0 Å². The summed E-state index contributed by atoms with van der Waals surface area (Å²) in [6.07, 6.45) is 3.32. The van der Waals surface area contributed by atoms with Crippen molar-refractivity contribution in [3.8, 4) is 11.4 Å². The van der Waals surface area contributed by atoms with Crippen molar-refractivity contribution >= 4 is 33.6 Å². The summed E-state index contributed by atoms with van der Waals surface area (Å²) in [5.74, 6) is 1.08. The molecular weight excluding hydrogens is 404 g/mol. The molecule has 0 bridgehead atoms. The van der Waals surface area contributed by atoms with Gasteiger partial charge in [-0.05, 0) is 42.8 Å². The topological polar surface area (TPSA) is 80.9 Å². The molecule has 1 aromatic carbocycles. The van der Waals surface area contributed by atoms with Crippen LogP contribution in [-0.2, 0) is 11.3 Å². The van der Waals surface area contributed by atoms with Crippen molar-refractivity contribution in [2.24, 2.45) is 0 Å². The van der Waals surface area contributed by atoms with Gasteiger partial charge in [-0.25, -0.2) is 0 Å². The smallest absolute Gasteiger partial charge is 0.246 e. The number of halogens is 1. The second-order valence-electron chi connectivity index (χ2n) is 5.22. The number of hydrogen-bond acceptors (Lipinski definition) is 6. The average molecular weight is 419 g/mol. The van der Waals surface area contributed by atoms with Crippen LogP contribution in [0.1, 0.15) is 11.5 Å². The van der Waals surface area contributed by atoms with E-state index in [0.29, 0.717) is 17.5 Å². The van der Waals surface area contributed by atoms with Crippen LogP contribution in [0, 0.1) is 6.92 Å². The summed E-state index contributed by atoms with van der Waals surface area (Å²) in [5, 5.41) is 6.69. The summed E-state index contributed by atoms with van der Waals surface area (Å²) in [6.45, 7) is 2.22. The molecule has 2 heterocycles. The van der Waals surface area contributed by atoms with Crippen LogP contribution in [-0.4, -0.2) is 26.8 Å². The number of aromatic nitrogens is 3. The van der Waals surface area contributed by atoms with Gasteiger partial charge in [0.1, 0.15) is 0 Å². The Morgan fingerprint density at radius 1 is 1.28 bits per heavy atom. The maximum atomic E-state index is 12.0. The van der Waals surface area contributed by atoms with Gasteiger partial charge in [-0.15, -0.1) is 11.8 Å². The lowest BCUT2D eigenvalue weighted by Crippen LogP contribution is -2.24. The Morgan fingerprint density at radius 2 is 2.08 bits per heavy atom. The van der Waals surface area contributed by atoms with Crippen LogP contribution >= 0.6 is 27.7 Å². The first-order valence-corrected chi connectivity index (χ1v) is 9.28. The molecule has 6 nitrogen and oxygen atoms in total. The molecule has 0 aliphatic heterocycles. The van der Waals surface area contributed by atoms with Gasteiger partial charge < -0.3 is 9.84 Å². The van der Waals surface area contributed by atoms with E-state index in [1.54, 1.807) is 24.5 Å². The molecule has 0 saturated heterocycles. The monoisotopic (exact) mass is 418 g/mol. The van der Waals surface area contributed by atoms with E-state index in [4.69, 9.17) is 4.52 Å². The molecule has 0 aliphatic rings. The molecule has 0 saturated carbocycles. The summed E-state index contributed by atoms with van der Waals surface area (Å²) in [4.78, 5) is 21.3. The fraction of sp³-hybridized carbons (Fsp3) is 0.176. The molecule has 2 aromatic heterocycles. The number of amides is 1. The van der Waals surface area contributed by atoms with Crippen molar-refractivity contribution in [1.82, 2.24) is 20.4 Å². The predicted octanol–water partition coefficient (Wildman–Crippen LogP) is 3.61. The highest BCUT2D eigenvalue weighted by Crippen LogP contribution is 2.25. The number of nitrogens with one attached hydrogen (secondary N) is 1. The van der Waals surface area contributed by atoms with Gasteiger partial charge in [0, 0.05) is 27.3 Å². The van der Waals surface area contributed by atoms with E-state index in [0.717, 1.165) is 20.5 Å². The molecule has 0 atom stereocenters. The Labute approximate surface area is 157 Å². The maximum absolute atomic E-state index is 12.0. The number of pyridine rings is 1. The lowest BCUT2D eigenvalue weighted by molar-refractivity contribution is -0.118. The minimum Gasteiger partial charge on any atom is -0.346 e. The van der Waals surface area contributed by atoms with Gasteiger partial charge >= 0.3 is 0 Å². The van der Waals surface area contributed by atoms with Crippen LogP contribution in [0.3, 0.4) is 0 Å². The molecule has 0 radical (unpaired) electrons. The Bertz CT molecular complexity index is 870. The quantitative estimate of drug-likeness (QED) is 0.615. The van der Waals surface area contributed by atoms with E-state index in [-0.39, 0.29) is 12.5 Å². The fourth-order valence-corrected chi connectivity index (χ4v) is 3.40. The first-order valence-electron chi connectivity index (χ1n) is 7.50. The summed E-state index contributed by atoms with van der Waals surface area (Å²) >= 11 is 4.93. The van der Waals surface area contributed by atoms with Crippen LogP contribution in [0.5, 0.6) is 0 Å². The van der Waals surface area contributed by atoms with E-state index in [1.807, 2.05) is 25.1 Å². The molecule has 8 heteroatoms. The average Bonchev–Trinajstić information content (AvgIpc) is 3.09. The van der Waals surface area contributed by atoms with Crippen LogP contribution in [0.15, 0.2) is 56.6 Å². The SMILES string of the molecule is Cc1cc(Br)ccc1SCC(=O)NCc1nc(-c2ccncc2)no1. The zero-order valence-corrected chi connectivity index (χ0v) is 15.8. The Kier molecular flexibility index (Phi) is 5.83. The van der Waals surface area contributed by atoms with Gasteiger partial charge in [0.05, 0.1) is 12.3 Å². The number of carbonyl (C=O) groups excluding carboxylic acids is 1. The molecule has 1 N–H and O–H groups in total. The highest BCUT2D eigenvalue weighted by Gasteiger charge is 2.10. The van der Waals surface area contributed by atoms with Crippen molar-refractivity contribution in [2.45, 2.75) is 18.4 Å². The van der Waals surface area contributed by atoms with E-state index in [9.17, 15) is 4.79 Å². The number of hydrogen-bond donors (Lipinski definition) is 1. The fourth-order valence-electron chi connectivity index (χ4n) is 2.09. The van der Waals surface area contributed by atoms with Crippen molar-refractivity contribution in [1.29, 1.82) is 0 Å². The third-order valence-electron chi connectivity index (χ3n) is 3.34. The highest BCUT2D eigenvalue weighted by atomic mass is 79.9. The number of thioether (sulfide) groups is 1. The summed E-state index contributed by atoms with van der Waals surface area (Å²) in [7, 11) is 0. The van der Waals surface area contributed by atoms with E-state index in [1.165, 1.54) is 11.8 Å². The van der Waals surface area contributed by atoms with E-state index in [2.05, 4.69) is 36.4 Å². The summed E-state index contributed by atoms with van der Waals surface area (Å²) in [5.41, 5.74) is 1.95. The van der Waals surface area contributed by atoms with E-state index >= 15 is 0 Å². The molecule has 3 aromatic rings. The van der Waals surface area contributed by atoms with Gasteiger partial charge in [0.2, 0.25) is 17.6 Å². The molecule has 3 rings (SSSR count). The standard InChI is InChI=1S/C17H15BrN4O2S/c1-11-8-13(18)2-3-14(11)25-10-15(23)20-9-16-21-17(22-24-16)12-4-6-19-7-5-12/h2-8H,9-10H2,1H3,(H,20,23). The molecule has 25 heavy (non-hydrogen) atoms. The first-order chi connectivity index (χ1) is 12.1. The zero-order valence-electron chi connectivity index (χ0n) is 13.4. The summed E-state index contributed by atoms with van der Waals surface area (Å²) in [6, 6.07) is 9.58. The van der Waals surface area contributed by atoms with Crippen molar-refractivity contribution in [2.75, 3.05) is 5.75 Å². The summed E-state index contributed by atoms with van der Waals surface area (Å²) < 4.78 is 6.18. The minimum atomic E-state index is -0.0871. The predicted molar refractivity (Wildman–Crippen MR) is 99.0 cm³/mol. The minimum absolute atomic E-state index is 0.0871. The molecule has 0 spiro atoms. The molecule has 1 amide bonds. The Balaban J connectivity index is 1.50. The van der Waals surface area contributed by atoms with Gasteiger partial charge in [-0.2, -0.15) is 4.98 Å². The second-order valence-corrected chi connectivity index (χ2v) is 7.16. The number of benzene rings is 1. The highest BCUT2D eigenvalue weighted by molar-refractivity contribution is 9.10. The molecule has 0 fully saturated rings. The van der Waals surface area contributed by atoms with Crippen LogP contribution < -0.4 is 5.32 Å². The largest absolute Gasteiger partial charge is 0.346 e. The lowest BCUT2D eigenvalue weighted by Gasteiger charge is -2.06. The Morgan fingerprint density at radius 3 is 2.84 bits per heavy atom. The third-order valence-corrected chi connectivity index (χ3v) is 5.01. The second kappa shape index (κ2) is 8.26. The normalized spacial score (nSPS) is 10.6. The molecule has 0 unspecified atom stereocenters. The number of nitrogens with zero attached hydrogens (tertiary/aromatic N) is 3. The van der Waals surface area contributed by atoms with Crippen LogP contribution in [0.4, 0.5) is 0 Å². The molecule has 0 aliphatic carbocycles. The first kappa shape index (κ1) is 17.6. The van der Waals surface area contributed by atoms with Gasteiger partial charge in [-0.1, -0.05) is 21.1 Å². The van der Waals surface area contributed by atoms with E-state index < -0.39 is 0 Å². The number of carbonyl (C=O) groups is 1. The van der Waals surface area contributed by atoms with Gasteiger partial charge in [-0.3, -0.25) is 9.78 Å². The van der Waals surface area contributed by atoms with Crippen LogP contribution in [0.2, 0.25) is 0 Å². The third kappa shape index (κ3) is 4.90. The number of rotatable bonds is 6. The van der Waals surface area contributed by atoms with Crippen molar-refractivity contribution < 1.29 is 9.32 Å². The Hall–Kier alpha value is -2.19. The lowest BCUT2D eigenvalue weighted by atomic mass is 10.2. The van der Waals surface area contributed by atoms with Gasteiger partial charge in [0.15, 0.2) is 0 Å². The van der Waals surface area contributed by atoms with Crippen molar-refractivity contribution in [3.05, 3.63) is 58.7 Å². The molecular formula is C17H15BrN4O2S. The zero-order chi connectivity index (χ0) is 17.6. The maximum Gasteiger partial charge on any atom is 0.246 e.